The molecule has 2 heterocycles. The Bertz CT molecular complexity index is 259. The number of rotatable bonds is 5. The van der Waals surface area contributed by atoms with Crippen molar-refractivity contribution in [2.24, 2.45) is 0 Å². The van der Waals surface area contributed by atoms with Crippen molar-refractivity contribution in [2.75, 3.05) is 45.1 Å². The standard InChI is InChI=1S/C11H20N2OS3/c1-14-5-4-12-8-13(11(15)17-9-12)7-10-3-2-6-16-10/h10H,2-9H2,1H3. The fourth-order valence-corrected chi connectivity index (χ4v) is 4.49. The van der Waals surface area contributed by atoms with Gasteiger partial charge in [0.25, 0.3) is 0 Å². The Labute approximate surface area is 118 Å². The van der Waals surface area contributed by atoms with Crippen LogP contribution in [0.1, 0.15) is 12.8 Å². The van der Waals surface area contributed by atoms with Crippen molar-refractivity contribution in [3.05, 3.63) is 0 Å². The molecule has 0 radical (unpaired) electrons. The van der Waals surface area contributed by atoms with Crippen molar-refractivity contribution in [1.29, 1.82) is 0 Å². The molecule has 0 aromatic carbocycles. The average Bonchev–Trinajstić information content (AvgIpc) is 2.83. The number of methoxy groups -OCH3 is 1. The Kier molecular flexibility index (Phi) is 5.89. The van der Waals surface area contributed by atoms with E-state index in [1.165, 1.54) is 18.6 Å². The van der Waals surface area contributed by atoms with Crippen LogP contribution < -0.4 is 0 Å². The highest BCUT2D eigenvalue weighted by Crippen LogP contribution is 2.29. The third-order valence-corrected chi connectivity index (χ3v) is 6.05. The van der Waals surface area contributed by atoms with Gasteiger partial charge in [-0.3, -0.25) is 4.90 Å². The Morgan fingerprint density at radius 2 is 2.41 bits per heavy atom. The molecule has 2 aliphatic rings. The van der Waals surface area contributed by atoms with Crippen LogP contribution in [0.5, 0.6) is 0 Å². The highest BCUT2D eigenvalue weighted by atomic mass is 32.2. The summed E-state index contributed by atoms with van der Waals surface area (Å²) in [6, 6.07) is 0. The van der Waals surface area contributed by atoms with Crippen LogP contribution in [0.2, 0.25) is 0 Å². The summed E-state index contributed by atoms with van der Waals surface area (Å²) in [6.07, 6.45) is 2.73. The van der Waals surface area contributed by atoms with E-state index in [2.05, 4.69) is 21.6 Å². The second-order valence-corrected chi connectivity index (χ2v) is 7.41. The van der Waals surface area contributed by atoms with Crippen LogP contribution in [0.25, 0.3) is 0 Å². The lowest BCUT2D eigenvalue weighted by Gasteiger charge is -2.37. The first-order chi connectivity index (χ1) is 8.29. The second-order valence-electron chi connectivity index (χ2n) is 4.43. The Morgan fingerprint density at radius 1 is 1.53 bits per heavy atom. The molecule has 1 unspecified atom stereocenters. The predicted molar refractivity (Wildman–Crippen MR) is 80.7 cm³/mol. The number of thiocarbonyl (C=S) groups is 1. The van der Waals surface area contributed by atoms with Gasteiger partial charge < -0.3 is 9.64 Å². The van der Waals surface area contributed by atoms with Crippen molar-refractivity contribution in [2.45, 2.75) is 18.1 Å². The van der Waals surface area contributed by atoms with Gasteiger partial charge in [-0.05, 0) is 18.6 Å². The van der Waals surface area contributed by atoms with E-state index in [9.17, 15) is 0 Å². The maximum Gasteiger partial charge on any atom is 0.138 e. The van der Waals surface area contributed by atoms with Crippen molar-refractivity contribution < 1.29 is 4.74 Å². The van der Waals surface area contributed by atoms with Crippen molar-refractivity contribution >= 4 is 40.1 Å². The monoisotopic (exact) mass is 292 g/mol. The van der Waals surface area contributed by atoms with Gasteiger partial charge in [-0.15, -0.1) is 0 Å². The summed E-state index contributed by atoms with van der Waals surface area (Å²) in [5.41, 5.74) is 0. The Morgan fingerprint density at radius 3 is 3.12 bits per heavy atom. The quantitative estimate of drug-likeness (QED) is 0.716. The molecule has 0 N–H and O–H groups in total. The molecule has 98 valence electrons. The molecule has 0 aromatic heterocycles. The maximum absolute atomic E-state index is 5.45. The molecule has 0 amide bonds. The summed E-state index contributed by atoms with van der Waals surface area (Å²) in [4.78, 5) is 4.77. The summed E-state index contributed by atoms with van der Waals surface area (Å²) in [6.45, 7) is 3.91. The van der Waals surface area contributed by atoms with E-state index in [1.54, 1.807) is 18.9 Å². The molecule has 2 saturated heterocycles. The Balaban J connectivity index is 1.79. The molecular formula is C11H20N2OS3. The van der Waals surface area contributed by atoms with Gasteiger partial charge in [-0.25, -0.2) is 0 Å². The third kappa shape index (κ3) is 4.28. The first kappa shape index (κ1) is 13.9. The van der Waals surface area contributed by atoms with Crippen molar-refractivity contribution in [1.82, 2.24) is 9.80 Å². The molecule has 2 fully saturated rings. The lowest BCUT2D eigenvalue weighted by atomic mass is 10.2. The molecule has 0 spiro atoms. The van der Waals surface area contributed by atoms with Gasteiger partial charge in [0, 0.05) is 25.4 Å². The lowest BCUT2D eigenvalue weighted by molar-refractivity contribution is 0.133. The van der Waals surface area contributed by atoms with E-state index in [0.717, 1.165) is 41.8 Å². The topological polar surface area (TPSA) is 15.7 Å². The normalized spacial score (nSPS) is 26.8. The van der Waals surface area contributed by atoms with Gasteiger partial charge in [0.15, 0.2) is 0 Å². The summed E-state index contributed by atoms with van der Waals surface area (Å²) in [7, 11) is 1.76. The molecule has 0 aliphatic carbocycles. The van der Waals surface area contributed by atoms with E-state index in [0.29, 0.717) is 0 Å². The molecule has 6 heteroatoms. The smallest absolute Gasteiger partial charge is 0.138 e. The van der Waals surface area contributed by atoms with Crippen LogP contribution in [0.15, 0.2) is 0 Å². The molecule has 17 heavy (non-hydrogen) atoms. The number of nitrogens with zero attached hydrogens (tertiary/aromatic N) is 2. The van der Waals surface area contributed by atoms with Crippen LogP contribution in [-0.4, -0.2) is 64.5 Å². The maximum atomic E-state index is 5.45. The second kappa shape index (κ2) is 7.19. The molecule has 3 nitrogen and oxygen atoms in total. The lowest BCUT2D eigenvalue weighted by Crippen LogP contribution is -2.47. The van der Waals surface area contributed by atoms with E-state index in [1.807, 2.05) is 0 Å². The summed E-state index contributed by atoms with van der Waals surface area (Å²) in [5.74, 6) is 2.34. The van der Waals surface area contributed by atoms with E-state index in [-0.39, 0.29) is 0 Å². The van der Waals surface area contributed by atoms with Crippen molar-refractivity contribution in [3.63, 3.8) is 0 Å². The molecule has 0 saturated carbocycles. The zero-order chi connectivity index (χ0) is 12.1. The van der Waals surface area contributed by atoms with Gasteiger partial charge in [0.05, 0.1) is 19.2 Å². The average molecular weight is 292 g/mol. The zero-order valence-corrected chi connectivity index (χ0v) is 12.7. The minimum absolute atomic E-state index is 0.788. The largest absolute Gasteiger partial charge is 0.383 e. The fourth-order valence-electron chi connectivity index (χ4n) is 2.10. The highest BCUT2D eigenvalue weighted by molar-refractivity contribution is 8.22. The number of ether oxygens (including phenoxy) is 1. The highest BCUT2D eigenvalue weighted by Gasteiger charge is 2.25. The number of thioether (sulfide) groups is 2. The van der Waals surface area contributed by atoms with Gasteiger partial charge >= 0.3 is 0 Å². The molecular weight excluding hydrogens is 272 g/mol. The molecule has 0 aromatic rings. The van der Waals surface area contributed by atoms with Crippen molar-refractivity contribution in [3.8, 4) is 0 Å². The SMILES string of the molecule is COCCN1CSC(=S)N(CC2CCCS2)C1. The van der Waals surface area contributed by atoms with E-state index < -0.39 is 0 Å². The third-order valence-electron chi connectivity index (χ3n) is 3.06. The number of hydrogen-bond donors (Lipinski definition) is 0. The van der Waals surface area contributed by atoms with Gasteiger partial charge in [0.2, 0.25) is 0 Å². The van der Waals surface area contributed by atoms with Gasteiger partial charge in [-0.1, -0.05) is 24.0 Å². The first-order valence-electron chi connectivity index (χ1n) is 6.04. The predicted octanol–water partition coefficient (Wildman–Crippen LogP) is 2.08. The zero-order valence-electron chi connectivity index (χ0n) is 10.3. The number of hydrogen-bond acceptors (Lipinski definition) is 5. The molecule has 0 bridgehead atoms. The minimum atomic E-state index is 0.788. The summed E-state index contributed by atoms with van der Waals surface area (Å²) in [5, 5.41) is 0.788. The first-order valence-corrected chi connectivity index (χ1v) is 8.48. The van der Waals surface area contributed by atoms with Crippen LogP contribution in [0, 0.1) is 0 Å². The van der Waals surface area contributed by atoms with Crippen LogP contribution in [0.3, 0.4) is 0 Å². The van der Waals surface area contributed by atoms with E-state index >= 15 is 0 Å². The van der Waals surface area contributed by atoms with E-state index in [4.69, 9.17) is 17.0 Å². The molecule has 2 rings (SSSR count). The fraction of sp³-hybridized carbons (Fsp3) is 0.909. The van der Waals surface area contributed by atoms with Crippen LogP contribution in [-0.2, 0) is 4.74 Å². The minimum Gasteiger partial charge on any atom is -0.383 e. The summed E-state index contributed by atoms with van der Waals surface area (Å²) >= 11 is 9.34. The Hall–Kier alpha value is 0.510. The summed E-state index contributed by atoms with van der Waals surface area (Å²) < 4.78 is 6.21. The van der Waals surface area contributed by atoms with Crippen LogP contribution in [0.4, 0.5) is 0 Å². The van der Waals surface area contributed by atoms with Crippen LogP contribution >= 0.6 is 35.7 Å². The molecule has 2 aliphatic heterocycles. The van der Waals surface area contributed by atoms with Gasteiger partial charge in [-0.2, -0.15) is 11.8 Å². The van der Waals surface area contributed by atoms with Gasteiger partial charge in [0.1, 0.15) is 4.32 Å². The molecule has 1 atom stereocenters.